The summed E-state index contributed by atoms with van der Waals surface area (Å²) in [5, 5.41) is 41.8. The summed E-state index contributed by atoms with van der Waals surface area (Å²) < 4.78 is 13.0. The third-order valence-corrected chi connectivity index (χ3v) is 8.60. The summed E-state index contributed by atoms with van der Waals surface area (Å²) in [4.78, 5) is 24.8. The van der Waals surface area contributed by atoms with Crippen molar-refractivity contribution in [3.05, 3.63) is 125 Å². The van der Waals surface area contributed by atoms with Crippen molar-refractivity contribution < 1.29 is 39.5 Å². The molecule has 1 fully saturated rings. The summed E-state index contributed by atoms with van der Waals surface area (Å²) in [5.41, 5.74) is 6.22. The Bertz CT molecular complexity index is 1680. The van der Waals surface area contributed by atoms with Crippen LogP contribution in [0.5, 0.6) is 5.75 Å². The van der Waals surface area contributed by atoms with Gasteiger partial charge in [0.25, 0.3) is 0 Å². The van der Waals surface area contributed by atoms with E-state index >= 15 is 0 Å². The number of aliphatic hydroxyl groups is 2. The number of hydrogen-bond donors (Lipinski definition) is 5. The number of carboxylic acid groups (broad SMARTS) is 1. The van der Waals surface area contributed by atoms with Gasteiger partial charge in [0, 0.05) is 44.5 Å². The maximum absolute atomic E-state index is 12.1. The maximum Gasteiger partial charge on any atom is 0.303 e. The number of benzene rings is 4. The molecule has 5 rings (SSSR count). The number of rotatable bonds is 15. The minimum atomic E-state index is -0.910. The molecule has 10 nitrogen and oxygen atoms in total. The number of amides is 1. The highest BCUT2D eigenvalue weighted by Gasteiger charge is 2.33. The van der Waals surface area contributed by atoms with Gasteiger partial charge in [-0.05, 0) is 65.0 Å². The smallest absolute Gasteiger partial charge is 0.303 e. The largest absolute Gasteiger partial charge is 0.508 e. The van der Waals surface area contributed by atoms with Crippen molar-refractivity contribution in [2.45, 2.75) is 63.4 Å². The van der Waals surface area contributed by atoms with Crippen molar-refractivity contribution in [3.8, 4) is 16.9 Å². The average molecular weight is 669 g/mol. The van der Waals surface area contributed by atoms with E-state index in [0.717, 1.165) is 33.4 Å². The molecule has 1 aliphatic rings. The molecule has 1 heterocycles. The number of phenolic OH excluding ortho intramolecular Hbond substituents is 1. The van der Waals surface area contributed by atoms with Gasteiger partial charge in [0.1, 0.15) is 5.75 Å². The van der Waals surface area contributed by atoms with E-state index in [1.54, 1.807) is 24.3 Å². The zero-order valence-corrected chi connectivity index (χ0v) is 27.6. The van der Waals surface area contributed by atoms with Gasteiger partial charge in [-0.15, -0.1) is 0 Å². The van der Waals surface area contributed by atoms with Crippen LogP contribution in [-0.4, -0.2) is 63.4 Å². The molecule has 0 spiro atoms. The molecule has 0 radical (unpaired) electrons. The molecular weight excluding hydrogens is 624 g/mol. The number of nitrogens with one attached hydrogen (secondary N) is 1. The lowest BCUT2D eigenvalue weighted by Crippen LogP contribution is -2.39. The van der Waals surface area contributed by atoms with Crippen LogP contribution >= 0.6 is 0 Å². The molecule has 1 aliphatic heterocycles. The lowest BCUT2D eigenvalue weighted by molar-refractivity contribution is -0.252. The number of aliphatic hydroxyl groups excluding tert-OH is 2. The molecule has 258 valence electrons. The Kier molecular flexibility index (Phi) is 12.5. The van der Waals surface area contributed by atoms with E-state index in [2.05, 4.69) is 5.32 Å². The number of carbonyl (C=O) groups excluding carboxylic acids is 1. The average Bonchev–Trinajstić information content (AvgIpc) is 3.10. The second kappa shape index (κ2) is 17.2. The Morgan fingerprint density at radius 1 is 0.878 bits per heavy atom. The first-order valence-electron chi connectivity index (χ1n) is 16.5. The number of aliphatic carboxylic acids is 1. The van der Waals surface area contributed by atoms with E-state index in [1.807, 2.05) is 84.7 Å². The van der Waals surface area contributed by atoms with E-state index in [1.165, 1.54) is 0 Å². The van der Waals surface area contributed by atoms with Gasteiger partial charge in [0.2, 0.25) is 5.91 Å². The number of carboxylic acids is 1. The van der Waals surface area contributed by atoms with E-state index in [0.29, 0.717) is 38.0 Å². The lowest BCUT2D eigenvalue weighted by atomic mass is 9.99. The monoisotopic (exact) mass is 668 g/mol. The number of hydrogen-bond acceptors (Lipinski definition) is 8. The Balaban J connectivity index is 1.26. The van der Waals surface area contributed by atoms with Crippen LogP contribution in [0.1, 0.15) is 72.0 Å². The summed E-state index contributed by atoms with van der Waals surface area (Å²) >= 11 is 0. The maximum atomic E-state index is 12.1. The first kappa shape index (κ1) is 35.7. The van der Waals surface area contributed by atoms with Gasteiger partial charge in [-0.3, -0.25) is 9.59 Å². The van der Waals surface area contributed by atoms with Crippen LogP contribution in [-0.2, 0) is 32.2 Å². The van der Waals surface area contributed by atoms with E-state index in [-0.39, 0.29) is 43.3 Å². The van der Waals surface area contributed by atoms with Gasteiger partial charge in [-0.1, -0.05) is 78.9 Å². The molecular formula is C39H44N2O8. The van der Waals surface area contributed by atoms with Gasteiger partial charge >= 0.3 is 5.97 Å². The second-order valence-electron chi connectivity index (χ2n) is 12.5. The standard InChI is InChI=1S/C39H44N2O8/c1-41(24-35(44)32-7-3-8-33(43)20-32)23-34-21-36(29-13-11-26(25-42)12-14-29)49-39(48-34)30-17-15-28(16-18-30)31-6-2-5-27(19-31)22-40-37(45)9-4-10-38(46)47/h2-3,5-8,11-20,34-36,39,42-44H,4,9-10,21-25H2,1H3,(H,40,45)(H,46,47). The molecule has 4 aromatic rings. The van der Waals surface area contributed by atoms with Gasteiger partial charge in [-0.2, -0.15) is 0 Å². The molecule has 0 saturated carbocycles. The predicted octanol–water partition coefficient (Wildman–Crippen LogP) is 5.63. The fourth-order valence-corrected chi connectivity index (χ4v) is 5.97. The molecule has 1 amide bonds. The summed E-state index contributed by atoms with van der Waals surface area (Å²) in [6.07, 6.45) is -0.830. The SMILES string of the molecule is CN(CC1CC(c2ccc(CO)cc2)OC(c2ccc(-c3cccc(CNC(=O)CCCC(=O)O)c3)cc2)O1)CC(O)c1cccc(O)c1. The molecule has 4 aromatic carbocycles. The Morgan fingerprint density at radius 3 is 2.33 bits per heavy atom. The van der Waals surface area contributed by atoms with Crippen molar-refractivity contribution in [3.63, 3.8) is 0 Å². The zero-order chi connectivity index (χ0) is 34.8. The highest BCUT2D eigenvalue weighted by Crippen LogP contribution is 2.39. The molecule has 1 saturated heterocycles. The highest BCUT2D eigenvalue weighted by molar-refractivity contribution is 5.76. The zero-order valence-electron chi connectivity index (χ0n) is 27.6. The number of aromatic hydroxyl groups is 1. The highest BCUT2D eigenvalue weighted by atomic mass is 16.7. The third kappa shape index (κ3) is 10.5. The number of likely N-dealkylation sites (N-methyl/N-ethyl adjacent to an activating group) is 1. The van der Waals surface area contributed by atoms with Gasteiger partial charge in [0.15, 0.2) is 6.29 Å². The summed E-state index contributed by atoms with van der Waals surface area (Å²) in [6.45, 7) is 1.21. The van der Waals surface area contributed by atoms with Crippen molar-refractivity contribution >= 4 is 11.9 Å². The van der Waals surface area contributed by atoms with Crippen LogP contribution in [0.4, 0.5) is 0 Å². The summed E-state index contributed by atoms with van der Waals surface area (Å²) in [5.74, 6) is -0.977. The van der Waals surface area contributed by atoms with E-state index in [4.69, 9.17) is 14.6 Å². The van der Waals surface area contributed by atoms with Gasteiger partial charge < -0.3 is 40.1 Å². The van der Waals surface area contributed by atoms with Crippen molar-refractivity contribution in [2.75, 3.05) is 20.1 Å². The first-order valence-corrected chi connectivity index (χ1v) is 16.5. The van der Waals surface area contributed by atoms with Crippen LogP contribution in [0.3, 0.4) is 0 Å². The Hall–Kier alpha value is -4.58. The second-order valence-corrected chi connectivity index (χ2v) is 12.5. The minimum absolute atomic E-state index is 0.0302. The number of carbonyl (C=O) groups is 2. The molecule has 0 bridgehead atoms. The van der Waals surface area contributed by atoms with Crippen molar-refractivity contribution in [1.82, 2.24) is 10.2 Å². The lowest BCUT2D eigenvalue weighted by Gasteiger charge is -2.38. The number of ether oxygens (including phenoxy) is 2. The minimum Gasteiger partial charge on any atom is -0.508 e. The molecule has 5 N–H and O–H groups in total. The topological polar surface area (TPSA) is 149 Å². The van der Waals surface area contributed by atoms with Crippen LogP contribution < -0.4 is 5.32 Å². The Labute approximate surface area is 286 Å². The number of phenols is 1. The summed E-state index contributed by atoms with van der Waals surface area (Å²) in [7, 11) is 1.93. The van der Waals surface area contributed by atoms with Gasteiger partial charge in [0.05, 0.1) is 24.9 Å². The molecule has 0 aliphatic carbocycles. The van der Waals surface area contributed by atoms with Crippen molar-refractivity contribution in [1.29, 1.82) is 0 Å². The normalized spacial score (nSPS) is 18.2. The Morgan fingerprint density at radius 2 is 1.61 bits per heavy atom. The molecule has 0 aromatic heterocycles. The van der Waals surface area contributed by atoms with Crippen LogP contribution in [0.2, 0.25) is 0 Å². The third-order valence-electron chi connectivity index (χ3n) is 8.60. The molecule has 10 heteroatoms. The molecule has 49 heavy (non-hydrogen) atoms. The van der Waals surface area contributed by atoms with Crippen LogP contribution in [0.15, 0.2) is 97.1 Å². The van der Waals surface area contributed by atoms with Crippen LogP contribution in [0, 0.1) is 0 Å². The predicted molar refractivity (Wildman–Crippen MR) is 184 cm³/mol. The van der Waals surface area contributed by atoms with Crippen LogP contribution in [0.25, 0.3) is 11.1 Å². The fraction of sp³-hybridized carbons (Fsp3) is 0.333. The van der Waals surface area contributed by atoms with E-state index in [9.17, 15) is 24.9 Å². The number of nitrogens with zero attached hydrogens (tertiary/aromatic N) is 1. The molecule has 4 unspecified atom stereocenters. The fourth-order valence-electron chi connectivity index (χ4n) is 5.97. The molecule has 4 atom stereocenters. The summed E-state index contributed by atoms with van der Waals surface area (Å²) in [6, 6.07) is 30.3. The van der Waals surface area contributed by atoms with Gasteiger partial charge in [-0.25, -0.2) is 0 Å². The quantitative estimate of drug-likeness (QED) is 0.109. The van der Waals surface area contributed by atoms with E-state index < -0.39 is 18.4 Å². The van der Waals surface area contributed by atoms with Crippen molar-refractivity contribution in [2.24, 2.45) is 0 Å². The first-order chi connectivity index (χ1) is 23.7.